The lowest BCUT2D eigenvalue weighted by atomic mass is 9.82. The number of aromatic amines is 1. The average Bonchev–Trinajstić information content (AvgIpc) is 3.46. The molecular weight excluding hydrogens is 574 g/mol. The molecule has 0 bridgehead atoms. The number of hydrogen-bond donors (Lipinski definition) is 3. The summed E-state index contributed by atoms with van der Waals surface area (Å²) in [5.74, 6) is 0. The molecule has 2 aromatic carbocycles. The molecule has 47 heavy (non-hydrogen) atoms. The Bertz CT molecular complexity index is 1150. The molecule has 0 fully saturated rings. The number of benzene rings is 2. The molecule has 0 aliphatic rings. The van der Waals surface area contributed by atoms with Gasteiger partial charge in [-0.05, 0) is 61.1 Å². The van der Waals surface area contributed by atoms with Crippen molar-refractivity contribution in [1.82, 2.24) is 4.98 Å². The summed E-state index contributed by atoms with van der Waals surface area (Å²) in [7, 11) is 0. The van der Waals surface area contributed by atoms with Gasteiger partial charge in [0.05, 0.1) is 11.2 Å². The van der Waals surface area contributed by atoms with Crippen LogP contribution in [0.4, 0.5) is 0 Å². The largest absolute Gasteiger partial charge is 0.385 e. The van der Waals surface area contributed by atoms with Crippen LogP contribution in [0.3, 0.4) is 0 Å². The van der Waals surface area contributed by atoms with Crippen molar-refractivity contribution in [2.45, 2.75) is 206 Å². The summed E-state index contributed by atoms with van der Waals surface area (Å²) in [5.41, 5.74) is 2.76. The van der Waals surface area contributed by atoms with Crippen molar-refractivity contribution >= 4 is 21.8 Å². The molecule has 0 amide bonds. The average molecular weight is 648 g/mol. The molecule has 1 heterocycles. The summed E-state index contributed by atoms with van der Waals surface area (Å²) in [6, 6.07) is 13.2. The Morgan fingerprint density at radius 3 is 1.04 bits per heavy atom. The summed E-state index contributed by atoms with van der Waals surface area (Å²) in [5, 5.41) is 26.6. The van der Waals surface area contributed by atoms with Crippen LogP contribution in [0.15, 0.2) is 36.4 Å². The van der Waals surface area contributed by atoms with Crippen molar-refractivity contribution in [1.29, 1.82) is 0 Å². The monoisotopic (exact) mass is 648 g/mol. The van der Waals surface area contributed by atoms with Gasteiger partial charge in [0, 0.05) is 21.8 Å². The van der Waals surface area contributed by atoms with E-state index in [1.54, 1.807) is 0 Å². The second-order valence-corrected chi connectivity index (χ2v) is 15.1. The minimum Gasteiger partial charge on any atom is -0.385 e. The van der Waals surface area contributed by atoms with Gasteiger partial charge in [-0.2, -0.15) is 0 Å². The Hall–Kier alpha value is -1.84. The molecule has 2 unspecified atom stereocenters. The summed E-state index contributed by atoms with van der Waals surface area (Å²) >= 11 is 0. The molecule has 2 atom stereocenters. The first-order chi connectivity index (χ1) is 22.9. The molecule has 3 heteroatoms. The molecule has 0 spiro atoms. The van der Waals surface area contributed by atoms with E-state index in [1.165, 1.54) is 114 Å². The number of hydrogen-bond acceptors (Lipinski definition) is 2. The maximum Gasteiger partial charge on any atom is 0.0896 e. The fourth-order valence-corrected chi connectivity index (χ4v) is 7.70. The molecule has 1 aromatic heterocycles. The van der Waals surface area contributed by atoms with Gasteiger partial charge in [0.25, 0.3) is 0 Å². The van der Waals surface area contributed by atoms with Crippen molar-refractivity contribution < 1.29 is 10.2 Å². The lowest BCUT2D eigenvalue weighted by molar-refractivity contribution is 0.0134. The van der Waals surface area contributed by atoms with Gasteiger partial charge in [-0.3, -0.25) is 0 Å². The first-order valence-corrected chi connectivity index (χ1v) is 20.4. The van der Waals surface area contributed by atoms with Crippen LogP contribution >= 0.6 is 0 Å². The van der Waals surface area contributed by atoms with Gasteiger partial charge in [0.15, 0.2) is 0 Å². The zero-order chi connectivity index (χ0) is 33.8. The third-order valence-electron chi connectivity index (χ3n) is 10.9. The molecule has 266 valence electrons. The Labute approximate surface area is 289 Å². The number of unbranched alkanes of at least 4 members (excludes halogenated alkanes) is 18. The highest BCUT2D eigenvalue weighted by molar-refractivity contribution is 6.07. The second kappa shape index (κ2) is 22.0. The predicted molar refractivity (Wildman–Crippen MR) is 206 cm³/mol. The van der Waals surface area contributed by atoms with E-state index in [1.807, 2.05) is 0 Å². The highest BCUT2D eigenvalue weighted by Gasteiger charge is 2.30. The van der Waals surface area contributed by atoms with Crippen LogP contribution in [0.5, 0.6) is 0 Å². The third-order valence-corrected chi connectivity index (χ3v) is 10.9. The maximum atomic E-state index is 12.1. The highest BCUT2D eigenvalue weighted by atomic mass is 16.3. The van der Waals surface area contributed by atoms with E-state index in [9.17, 15) is 10.2 Å². The van der Waals surface area contributed by atoms with Crippen molar-refractivity contribution in [3.05, 3.63) is 47.5 Å². The molecule has 0 saturated heterocycles. The fourth-order valence-electron chi connectivity index (χ4n) is 7.70. The Morgan fingerprint density at radius 2 is 0.702 bits per heavy atom. The van der Waals surface area contributed by atoms with E-state index < -0.39 is 11.2 Å². The number of fused-ring (bicyclic) bond motifs is 3. The van der Waals surface area contributed by atoms with Gasteiger partial charge in [-0.15, -0.1) is 0 Å². The van der Waals surface area contributed by atoms with E-state index in [2.05, 4.69) is 69.1 Å². The lowest BCUT2D eigenvalue weighted by Gasteiger charge is -2.30. The van der Waals surface area contributed by atoms with Crippen molar-refractivity contribution in [3.63, 3.8) is 0 Å². The second-order valence-electron chi connectivity index (χ2n) is 15.1. The van der Waals surface area contributed by atoms with E-state index in [0.29, 0.717) is 0 Å². The summed E-state index contributed by atoms with van der Waals surface area (Å²) < 4.78 is 0. The molecule has 3 N–H and O–H groups in total. The molecule has 0 radical (unpaired) electrons. The Balaban J connectivity index is 1.73. The van der Waals surface area contributed by atoms with Crippen LogP contribution in [0, 0.1) is 0 Å². The van der Waals surface area contributed by atoms with Gasteiger partial charge in [-0.1, -0.05) is 181 Å². The SMILES string of the molecule is CCCCCCCCCCCC(O)(CCCC)c1ccc2[nH]c3ccc(C(O)(CCCC)CCCCCCCCCCC)cc3c2c1. The van der Waals surface area contributed by atoms with Crippen LogP contribution in [-0.2, 0) is 11.2 Å². The van der Waals surface area contributed by atoms with Crippen molar-refractivity contribution in [2.75, 3.05) is 0 Å². The number of rotatable bonds is 28. The third kappa shape index (κ3) is 12.8. The van der Waals surface area contributed by atoms with Gasteiger partial charge in [-0.25, -0.2) is 0 Å². The normalized spacial score (nSPS) is 14.6. The first kappa shape index (κ1) is 39.6. The zero-order valence-electron chi connectivity index (χ0n) is 31.2. The van der Waals surface area contributed by atoms with Crippen LogP contribution < -0.4 is 0 Å². The summed E-state index contributed by atoms with van der Waals surface area (Å²) in [6.45, 7) is 9.00. The van der Waals surface area contributed by atoms with Gasteiger partial charge in [0.1, 0.15) is 0 Å². The minimum atomic E-state index is -0.787. The molecule has 0 aliphatic heterocycles. The predicted octanol–water partition coefficient (Wildman–Crippen LogP) is 13.9. The smallest absolute Gasteiger partial charge is 0.0896 e. The summed E-state index contributed by atoms with van der Waals surface area (Å²) in [6.07, 6.45) is 30.9. The quantitative estimate of drug-likeness (QED) is 0.0687. The molecule has 0 saturated carbocycles. The van der Waals surface area contributed by atoms with Crippen LogP contribution in [-0.4, -0.2) is 15.2 Å². The number of aliphatic hydroxyl groups is 2. The van der Waals surface area contributed by atoms with Crippen molar-refractivity contribution in [2.24, 2.45) is 0 Å². The first-order valence-electron chi connectivity index (χ1n) is 20.4. The van der Waals surface area contributed by atoms with Crippen LogP contribution in [0.2, 0.25) is 0 Å². The minimum absolute atomic E-state index is 0.787. The Morgan fingerprint density at radius 1 is 0.404 bits per heavy atom. The van der Waals surface area contributed by atoms with Gasteiger partial charge < -0.3 is 15.2 Å². The Kier molecular flexibility index (Phi) is 18.5. The fraction of sp³-hybridized carbons (Fsp3) is 0.727. The topological polar surface area (TPSA) is 56.2 Å². The number of aromatic nitrogens is 1. The van der Waals surface area contributed by atoms with Gasteiger partial charge in [0.2, 0.25) is 0 Å². The van der Waals surface area contributed by atoms with E-state index in [-0.39, 0.29) is 0 Å². The molecule has 0 aliphatic carbocycles. The van der Waals surface area contributed by atoms with E-state index >= 15 is 0 Å². The standard InChI is InChI=1S/C44H73NO2/c1-5-9-13-15-17-19-21-23-25-33-43(46,31-11-7-3)37-27-29-41-39(35-37)40-36-38(28-30-42(40)45-41)44(47,32-12-8-4)34-26-24-22-20-18-16-14-10-6-2/h27-30,35-36,45-47H,5-26,31-34H2,1-4H3. The van der Waals surface area contributed by atoms with E-state index in [0.717, 1.165) is 86.4 Å². The molecular formula is C44H73NO2. The molecule has 3 nitrogen and oxygen atoms in total. The molecule has 3 rings (SSSR count). The van der Waals surface area contributed by atoms with Gasteiger partial charge >= 0.3 is 0 Å². The zero-order valence-corrected chi connectivity index (χ0v) is 31.2. The van der Waals surface area contributed by atoms with Crippen LogP contribution in [0.1, 0.15) is 206 Å². The highest BCUT2D eigenvalue weighted by Crippen LogP contribution is 2.39. The van der Waals surface area contributed by atoms with Crippen molar-refractivity contribution in [3.8, 4) is 0 Å². The number of H-pyrrole nitrogens is 1. The lowest BCUT2D eigenvalue weighted by Crippen LogP contribution is -2.26. The van der Waals surface area contributed by atoms with E-state index in [4.69, 9.17) is 0 Å². The number of nitrogens with one attached hydrogen (secondary N) is 1. The summed E-state index contributed by atoms with van der Waals surface area (Å²) in [4.78, 5) is 3.63. The molecule has 3 aromatic rings. The van der Waals surface area contributed by atoms with Crippen LogP contribution in [0.25, 0.3) is 21.8 Å². The maximum absolute atomic E-state index is 12.1.